The summed E-state index contributed by atoms with van der Waals surface area (Å²) in [6.07, 6.45) is 1.36. The summed E-state index contributed by atoms with van der Waals surface area (Å²) in [6, 6.07) is 0. The second kappa shape index (κ2) is 6.64. The minimum Gasteiger partial charge on any atom is -0.118 e. The van der Waals surface area contributed by atoms with Crippen LogP contribution in [-0.4, -0.2) is 23.0 Å². The second-order valence-electron chi connectivity index (χ2n) is 3.88. The molecule has 0 radical (unpaired) electrons. The van der Waals surface area contributed by atoms with Crippen LogP contribution in [0.15, 0.2) is 25.4 Å². The molecule has 4 aliphatic rings. The van der Waals surface area contributed by atoms with E-state index in [4.69, 9.17) is 0 Å². The van der Waals surface area contributed by atoms with Gasteiger partial charge in [-0.25, -0.2) is 0 Å². The molecule has 0 nitrogen and oxygen atoms in total. The third-order valence-electron chi connectivity index (χ3n) is 2.55. The largest absolute Gasteiger partial charge is 0.118 e. The first kappa shape index (κ1) is 14.6. The fourth-order valence-electron chi connectivity index (χ4n) is 1.73. The SMILES string of the molecule is C1CSC(=C2SC3=C(S2)SC(=C2SCCS2)S3)SC1. The van der Waals surface area contributed by atoms with E-state index < -0.39 is 0 Å². The molecule has 4 heterocycles. The molecule has 0 saturated carbocycles. The molecule has 102 valence electrons. The molecule has 0 bridgehead atoms. The molecular weight excluding hydrogens is 389 g/mol. The standard InChI is InChI=1S/C11H10S8/c1-2-12-6(13-3-1)8-16-10-11(17-8)19-9(18-10)7-14-4-5-15-7/h1-5H2. The average molecular weight is 399 g/mol. The van der Waals surface area contributed by atoms with Gasteiger partial charge in [0.1, 0.15) is 0 Å². The maximum Gasteiger partial charge on any atom is 0.0718 e. The normalized spacial score (nSPS) is 27.8. The second-order valence-corrected chi connectivity index (χ2v) is 13.9. The Morgan fingerprint density at radius 2 is 0.789 bits per heavy atom. The Morgan fingerprint density at radius 1 is 0.421 bits per heavy atom. The molecule has 0 aromatic rings. The lowest BCUT2D eigenvalue weighted by molar-refractivity contribution is 1.12. The van der Waals surface area contributed by atoms with Crippen LogP contribution in [0.1, 0.15) is 6.42 Å². The lowest BCUT2D eigenvalue weighted by Gasteiger charge is -2.15. The minimum absolute atomic E-state index is 1.29. The average Bonchev–Trinajstić information content (AvgIpc) is 3.14. The van der Waals surface area contributed by atoms with Crippen molar-refractivity contribution in [2.75, 3.05) is 23.0 Å². The zero-order valence-corrected chi connectivity index (χ0v) is 16.3. The highest BCUT2D eigenvalue weighted by molar-refractivity contribution is 8.49. The van der Waals surface area contributed by atoms with Crippen molar-refractivity contribution >= 4 is 94.1 Å². The van der Waals surface area contributed by atoms with E-state index in [1.807, 2.05) is 70.6 Å². The lowest BCUT2D eigenvalue weighted by atomic mass is 10.6. The van der Waals surface area contributed by atoms with E-state index in [9.17, 15) is 0 Å². The molecule has 0 aliphatic carbocycles. The zero-order chi connectivity index (χ0) is 12.7. The monoisotopic (exact) mass is 398 g/mol. The molecule has 19 heavy (non-hydrogen) atoms. The summed E-state index contributed by atoms with van der Waals surface area (Å²) in [7, 11) is 0. The van der Waals surface area contributed by atoms with Crippen molar-refractivity contribution in [3.63, 3.8) is 0 Å². The first-order chi connectivity index (χ1) is 9.40. The van der Waals surface area contributed by atoms with Crippen LogP contribution in [0.4, 0.5) is 0 Å². The number of thioether (sulfide) groups is 8. The third-order valence-corrected chi connectivity index (χ3v) is 14.6. The van der Waals surface area contributed by atoms with Crippen LogP contribution in [0.2, 0.25) is 0 Å². The molecule has 4 aliphatic heterocycles. The molecular formula is C11H10S8. The maximum absolute atomic E-state index is 2.06. The van der Waals surface area contributed by atoms with Gasteiger partial charge < -0.3 is 0 Å². The molecule has 2 saturated heterocycles. The maximum atomic E-state index is 2.06. The van der Waals surface area contributed by atoms with Gasteiger partial charge >= 0.3 is 0 Å². The van der Waals surface area contributed by atoms with E-state index in [2.05, 4.69) is 23.5 Å². The highest BCUT2D eigenvalue weighted by Crippen LogP contribution is 2.70. The summed E-state index contributed by atoms with van der Waals surface area (Å²) < 4.78 is 9.33. The van der Waals surface area contributed by atoms with Gasteiger partial charge in [0, 0.05) is 11.5 Å². The van der Waals surface area contributed by atoms with Crippen LogP contribution in [0.3, 0.4) is 0 Å². The van der Waals surface area contributed by atoms with Crippen molar-refractivity contribution in [1.82, 2.24) is 0 Å². The molecule has 0 atom stereocenters. The van der Waals surface area contributed by atoms with Crippen LogP contribution in [0, 0.1) is 0 Å². The topological polar surface area (TPSA) is 0 Å². The minimum atomic E-state index is 1.29. The predicted octanol–water partition coefficient (Wildman–Crippen LogP) is 6.68. The smallest absolute Gasteiger partial charge is 0.0718 e. The van der Waals surface area contributed by atoms with E-state index in [1.54, 1.807) is 25.4 Å². The molecule has 0 amide bonds. The van der Waals surface area contributed by atoms with Gasteiger partial charge in [0.2, 0.25) is 0 Å². The fraction of sp³-hybridized carbons (Fsp3) is 0.455. The highest BCUT2D eigenvalue weighted by Gasteiger charge is 2.34. The highest BCUT2D eigenvalue weighted by atomic mass is 32.3. The van der Waals surface area contributed by atoms with E-state index >= 15 is 0 Å². The van der Waals surface area contributed by atoms with Crippen molar-refractivity contribution in [1.29, 1.82) is 0 Å². The van der Waals surface area contributed by atoms with Gasteiger partial charge in [-0.05, 0) is 17.9 Å². The van der Waals surface area contributed by atoms with Gasteiger partial charge in [-0.2, -0.15) is 0 Å². The first-order valence-corrected chi connectivity index (χ1v) is 13.1. The fourth-order valence-corrected chi connectivity index (χ4v) is 14.1. The van der Waals surface area contributed by atoms with E-state index in [-0.39, 0.29) is 0 Å². The Kier molecular flexibility index (Phi) is 5.10. The summed E-state index contributed by atoms with van der Waals surface area (Å²) in [6.45, 7) is 0. The van der Waals surface area contributed by atoms with Crippen molar-refractivity contribution < 1.29 is 0 Å². The van der Waals surface area contributed by atoms with E-state index in [1.165, 1.54) is 29.4 Å². The third kappa shape index (κ3) is 3.21. The summed E-state index contributed by atoms with van der Waals surface area (Å²) in [5, 5.41) is 0. The van der Waals surface area contributed by atoms with Crippen LogP contribution < -0.4 is 0 Å². The molecule has 0 spiro atoms. The Bertz CT molecular complexity index is 465. The number of rotatable bonds is 0. The number of hydrogen-bond donors (Lipinski definition) is 0. The molecule has 0 aromatic carbocycles. The van der Waals surface area contributed by atoms with Crippen LogP contribution in [-0.2, 0) is 0 Å². The molecule has 8 heteroatoms. The van der Waals surface area contributed by atoms with Gasteiger partial charge in [-0.15, -0.1) is 47.0 Å². The first-order valence-electron chi connectivity index (χ1n) is 5.85. The van der Waals surface area contributed by atoms with Crippen molar-refractivity contribution in [3.8, 4) is 0 Å². The Balaban J connectivity index is 1.48. The van der Waals surface area contributed by atoms with Gasteiger partial charge in [0.05, 0.1) is 25.4 Å². The van der Waals surface area contributed by atoms with Crippen LogP contribution >= 0.6 is 94.1 Å². The Morgan fingerprint density at radius 3 is 1.26 bits per heavy atom. The molecule has 0 N–H and O–H groups in total. The molecule has 0 unspecified atom stereocenters. The quantitative estimate of drug-likeness (QED) is 0.437. The van der Waals surface area contributed by atoms with Crippen molar-refractivity contribution in [3.05, 3.63) is 25.4 Å². The van der Waals surface area contributed by atoms with Gasteiger partial charge in [0.25, 0.3) is 0 Å². The summed E-state index contributed by atoms with van der Waals surface area (Å²) in [5.41, 5.74) is 0. The van der Waals surface area contributed by atoms with E-state index in [0.717, 1.165) is 0 Å². The number of hydrogen-bond acceptors (Lipinski definition) is 8. The Labute approximate surface area is 147 Å². The van der Waals surface area contributed by atoms with Crippen molar-refractivity contribution in [2.24, 2.45) is 0 Å². The summed E-state index contributed by atoms with van der Waals surface area (Å²) >= 11 is 16.3. The van der Waals surface area contributed by atoms with E-state index in [0.29, 0.717) is 0 Å². The summed E-state index contributed by atoms with van der Waals surface area (Å²) in [5.74, 6) is 5.19. The van der Waals surface area contributed by atoms with Gasteiger partial charge in [-0.1, -0.05) is 47.0 Å². The van der Waals surface area contributed by atoms with Crippen LogP contribution in [0.25, 0.3) is 0 Å². The molecule has 4 rings (SSSR count). The summed E-state index contributed by atoms with van der Waals surface area (Å²) in [4.78, 5) is 0. The molecule has 2 fully saturated rings. The lowest BCUT2D eigenvalue weighted by Crippen LogP contribution is -1.92. The molecule has 0 aromatic heterocycles. The zero-order valence-electron chi connectivity index (χ0n) is 9.80. The predicted molar refractivity (Wildman–Crippen MR) is 106 cm³/mol. The Hall–Kier alpha value is 2.02. The van der Waals surface area contributed by atoms with Gasteiger partial charge in [0.15, 0.2) is 0 Å². The van der Waals surface area contributed by atoms with Crippen molar-refractivity contribution in [2.45, 2.75) is 6.42 Å². The van der Waals surface area contributed by atoms with Gasteiger partial charge in [-0.3, -0.25) is 0 Å². The van der Waals surface area contributed by atoms with Crippen LogP contribution in [0.5, 0.6) is 0 Å².